The van der Waals surface area contributed by atoms with Gasteiger partial charge in [-0.3, -0.25) is 0 Å². The number of ether oxygens (including phenoxy) is 2. The van der Waals surface area contributed by atoms with E-state index >= 15 is 0 Å². The van der Waals surface area contributed by atoms with Crippen molar-refractivity contribution in [2.45, 2.75) is 6.92 Å². The monoisotopic (exact) mass is 360 g/mol. The van der Waals surface area contributed by atoms with Gasteiger partial charge in [-0.05, 0) is 0 Å². The van der Waals surface area contributed by atoms with Crippen LogP contribution in [0.15, 0.2) is 34.3 Å². The second-order valence-electron chi connectivity index (χ2n) is 3.53. The van der Waals surface area contributed by atoms with Gasteiger partial charge in [0.1, 0.15) is 0 Å². The van der Waals surface area contributed by atoms with Crippen LogP contribution in [0.1, 0.15) is 12.5 Å². The average molecular weight is 360 g/mol. The van der Waals surface area contributed by atoms with Gasteiger partial charge in [0.15, 0.2) is 0 Å². The number of para-hydroxylation sites is 1. The van der Waals surface area contributed by atoms with Crippen molar-refractivity contribution in [1.82, 2.24) is 0 Å². The fourth-order valence-corrected chi connectivity index (χ4v) is 3.48. The summed E-state index contributed by atoms with van der Waals surface area (Å²) in [5.74, 6) is 1.17. The summed E-state index contributed by atoms with van der Waals surface area (Å²) in [6, 6.07) is 4.91. The molecule has 18 heavy (non-hydrogen) atoms. The Hall–Kier alpha value is -1.57. The summed E-state index contributed by atoms with van der Waals surface area (Å²) in [5, 5.41) is 10.9. The molecule has 1 aliphatic rings. The van der Waals surface area contributed by atoms with Crippen molar-refractivity contribution in [3.63, 3.8) is 0 Å². The van der Waals surface area contributed by atoms with Crippen LogP contribution < -0.4 is 25.9 Å². The summed E-state index contributed by atoms with van der Waals surface area (Å²) >= 11 is -0.354. The molecular weight excluding hydrogens is 349 g/mol. The van der Waals surface area contributed by atoms with Crippen LogP contribution in [-0.2, 0) is 4.74 Å². The number of nitro benzene ring substituents is 1. The Balaban J connectivity index is 2.45. The predicted molar refractivity (Wildman–Crippen MR) is 62.5 cm³/mol. The van der Waals surface area contributed by atoms with E-state index in [0.29, 0.717) is 5.75 Å². The van der Waals surface area contributed by atoms with Gasteiger partial charge in [0.05, 0.1) is 0 Å². The van der Waals surface area contributed by atoms with Crippen molar-refractivity contribution >= 4 is 9.27 Å². The van der Waals surface area contributed by atoms with Crippen LogP contribution in [0, 0.1) is 10.1 Å². The first kappa shape index (κ1) is 12.9. The minimum absolute atomic E-state index is 0.0221. The van der Waals surface area contributed by atoms with Crippen LogP contribution in [0.3, 0.4) is 0 Å². The fraction of sp³-hybridized carbons (Fsp3) is 0.167. The van der Waals surface area contributed by atoms with Gasteiger partial charge in [-0.1, -0.05) is 0 Å². The molecule has 0 spiro atoms. The van der Waals surface area contributed by atoms with E-state index in [2.05, 4.69) is 0 Å². The summed E-state index contributed by atoms with van der Waals surface area (Å²) in [5.41, 5.74) is 0.717. The quantitative estimate of drug-likeness (QED) is 0.429. The second-order valence-corrected chi connectivity index (χ2v) is 5.94. The molecule has 5 nitrogen and oxygen atoms in total. The van der Waals surface area contributed by atoms with Gasteiger partial charge in [0.25, 0.3) is 0 Å². The topological polar surface area (TPSA) is 61.6 Å². The number of hydrogen-bond donors (Lipinski definition) is 0. The summed E-state index contributed by atoms with van der Waals surface area (Å²) in [6.45, 7) is 1.89. The molecule has 0 atom stereocenters. The summed E-state index contributed by atoms with van der Waals surface area (Å²) < 4.78 is 13.5. The number of hydrogen-bond acceptors (Lipinski definition) is 4. The van der Waals surface area contributed by atoms with Crippen molar-refractivity contribution in [1.29, 1.82) is 0 Å². The molecule has 1 aromatic rings. The molecule has 1 aromatic carbocycles. The Bertz CT molecular complexity index is 551. The number of halogens is 1. The van der Waals surface area contributed by atoms with Crippen LogP contribution in [-0.4, -0.2) is 12.0 Å². The molecule has 2 rings (SSSR count). The van der Waals surface area contributed by atoms with Crippen LogP contribution in [0.5, 0.6) is 5.75 Å². The molecule has 0 radical (unpaired) electrons. The van der Waals surface area contributed by atoms with Crippen LogP contribution in [0.4, 0.5) is 5.69 Å². The first-order valence-electron chi connectivity index (χ1n) is 5.12. The number of benzene rings is 1. The SMILES string of the molecule is COc1c(C2=COC(C)=C[I-]2)cccc1[N+](=O)[O-]. The maximum absolute atomic E-state index is 10.9. The number of rotatable bonds is 3. The second kappa shape index (κ2) is 5.38. The van der Waals surface area contributed by atoms with Crippen molar-refractivity contribution in [2.75, 3.05) is 7.11 Å². The molecule has 1 aliphatic heterocycles. The van der Waals surface area contributed by atoms with E-state index < -0.39 is 4.92 Å². The van der Waals surface area contributed by atoms with Crippen molar-refractivity contribution in [3.8, 4) is 5.75 Å². The zero-order chi connectivity index (χ0) is 13.1. The molecule has 0 aromatic heterocycles. The molecule has 6 heteroatoms. The van der Waals surface area contributed by atoms with E-state index in [-0.39, 0.29) is 26.9 Å². The summed E-state index contributed by atoms with van der Waals surface area (Å²) in [6.07, 6.45) is 1.66. The van der Waals surface area contributed by atoms with E-state index in [9.17, 15) is 10.1 Å². The summed E-state index contributed by atoms with van der Waals surface area (Å²) in [4.78, 5) is 10.5. The summed E-state index contributed by atoms with van der Waals surface area (Å²) in [7, 11) is 1.44. The third-order valence-corrected chi connectivity index (χ3v) is 5.02. The molecule has 0 bridgehead atoms. The van der Waals surface area contributed by atoms with E-state index in [0.717, 1.165) is 14.9 Å². The molecule has 0 amide bonds. The van der Waals surface area contributed by atoms with E-state index in [1.165, 1.54) is 13.2 Å². The normalized spacial score (nSPS) is 14.8. The van der Waals surface area contributed by atoms with Crippen molar-refractivity contribution < 1.29 is 35.6 Å². The minimum atomic E-state index is -0.439. The molecule has 0 unspecified atom stereocenters. The van der Waals surface area contributed by atoms with Gasteiger partial charge in [0, 0.05) is 0 Å². The number of nitro groups is 1. The van der Waals surface area contributed by atoms with Crippen LogP contribution in [0.25, 0.3) is 3.58 Å². The molecular formula is C12H11INO4-. The molecule has 0 saturated heterocycles. The molecule has 96 valence electrons. The van der Waals surface area contributed by atoms with Crippen LogP contribution in [0.2, 0.25) is 0 Å². The Kier molecular flexibility index (Phi) is 3.85. The molecule has 0 fully saturated rings. The number of allylic oxidation sites excluding steroid dienone is 1. The molecule has 0 N–H and O–H groups in total. The molecule has 1 heterocycles. The Morgan fingerprint density at radius 1 is 1.44 bits per heavy atom. The third kappa shape index (κ3) is 2.47. The zero-order valence-electron chi connectivity index (χ0n) is 9.84. The standard InChI is InChI=1S/C12H11INO4/c1-8-6-13-10(7-18-8)9-4-3-5-11(14(15)16)12(9)17-2/h3-7H,1-2H3/q-1. The molecule has 0 aliphatic carbocycles. The Morgan fingerprint density at radius 2 is 2.22 bits per heavy atom. The molecule has 0 saturated carbocycles. The van der Waals surface area contributed by atoms with Gasteiger partial charge in [-0.25, -0.2) is 0 Å². The van der Waals surface area contributed by atoms with Gasteiger partial charge in [0.2, 0.25) is 0 Å². The van der Waals surface area contributed by atoms with Crippen LogP contribution >= 0.6 is 0 Å². The van der Waals surface area contributed by atoms with Gasteiger partial charge >= 0.3 is 115 Å². The van der Waals surface area contributed by atoms with E-state index in [4.69, 9.17) is 9.47 Å². The first-order valence-corrected chi connectivity index (χ1v) is 7.44. The van der Waals surface area contributed by atoms with E-state index in [1.807, 2.05) is 17.1 Å². The first-order chi connectivity index (χ1) is 8.63. The van der Waals surface area contributed by atoms with Gasteiger partial charge in [-0.2, -0.15) is 0 Å². The maximum atomic E-state index is 10.9. The number of methoxy groups -OCH3 is 1. The Labute approximate surface area is 115 Å². The zero-order valence-corrected chi connectivity index (χ0v) is 12.0. The predicted octanol–water partition coefficient (Wildman–Crippen LogP) is -0.118. The van der Waals surface area contributed by atoms with E-state index in [1.54, 1.807) is 12.3 Å². The van der Waals surface area contributed by atoms with Gasteiger partial charge < -0.3 is 0 Å². The number of nitrogens with zero attached hydrogens (tertiary/aromatic N) is 1. The Morgan fingerprint density at radius 3 is 2.78 bits per heavy atom. The average Bonchev–Trinajstić information content (AvgIpc) is 2.38. The van der Waals surface area contributed by atoms with Crippen molar-refractivity contribution in [3.05, 3.63) is 50.0 Å². The third-order valence-electron chi connectivity index (χ3n) is 2.33. The van der Waals surface area contributed by atoms with Crippen molar-refractivity contribution in [2.24, 2.45) is 0 Å². The fourth-order valence-electron chi connectivity index (χ4n) is 1.53. The van der Waals surface area contributed by atoms with Gasteiger partial charge in [-0.15, -0.1) is 0 Å².